The highest BCUT2D eigenvalue weighted by Gasteiger charge is 2.31. The molecule has 0 radical (unpaired) electrons. The molecule has 15 heavy (non-hydrogen) atoms. The van der Waals surface area contributed by atoms with E-state index in [-0.39, 0.29) is 5.56 Å². The first-order valence-electron chi connectivity index (χ1n) is 4.40. The Balaban J connectivity index is 3.57. The van der Waals surface area contributed by atoms with Crippen LogP contribution in [0.5, 0.6) is 0 Å². The van der Waals surface area contributed by atoms with Crippen molar-refractivity contribution in [2.45, 2.75) is 26.3 Å². The number of rotatable bonds is 2. The number of nitrogens with zero attached hydrogens (tertiary/aromatic N) is 1. The minimum Gasteiger partial charge on any atom is -0.480 e. The van der Waals surface area contributed by atoms with E-state index in [4.69, 9.17) is 5.11 Å². The predicted octanol–water partition coefficient (Wildman–Crippen LogP) is 1.74. The lowest BCUT2D eigenvalue weighted by Crippen LogP contribution is -2.43. The number of aliphatic carboxylic acids is 1. The molecule has 0 amide bonds. The van der Waals surface area contributed by atoms with Gasteiger partial charge in [0, 0.05) is 16.2 Å². The molecule has 0 unspecified atom stereocenters. The fourth-order valence-corrected chi connectivity index (χ4v) is 1.71. The lowest BCUT2D eigenvalue weighted by molar-refractivity contribution is -0.145. The van der Waals surface area contributed by atoms with Crippen LogP contribution in [0.1, 0.15) is 19.5 Å². The van der Waals surface area contributed by atoms with E-state index in [2.05, 4.69) is 15.9 Å². The van der Waals surface area contributed by atoms with Crippen molar-refractivity contribution < 1.29 is 9.90 Å². The average molecular weight is 274 g/mol. The van der Waals surface area contributed by atoms with Gasteiger partial charge in [0.1, 0.15) is 5.54 Å². The van der Waals surface area contributed by atoms with Crippen LogP contribution >= 0.6 is 15.9 Å². The summed E-state index contributed by atoms with van der Waals surface area (Å²) in [6.07, 6.45) is 0. The SMILES string of the molecule is Cc1c(Br)ccc(=O)n1C(C)(C)C(=O)O. The number of hydrogen-bond donors (Lipinski definition) is 1. The Labute approximate surface area is 95.7 Å². The minimum absolute atomic E-state index is 0.317. The van der Waals surface area contributed by atoms with Gasteiger partial charge in [-0.3, -0.25) is 9.36 Å². The summed E-state index contributed by atoms with van der Waals surface area (Å²) in [4.78, 5) is 22.7. The van der Waals surface area contributed by atoms with Crippen LogP contribution in [0.3, 0.4) is 0 Å². The summed E-state index contributed by atoms with van der Waals surface area (Å²) in [5.74, 6) is -1.04. The Morgan fingerprint density at radius 3 is 2.47 bits per heavy atom. The molecule has 0 atom stereocenters. The van der Waals surface area contributed by atoms with E-state index in [1.165, 1.54) is 24.5 Å². The molecule has 0 fully saturated rings. The second-order valence-corrected chi connectivity index (χ2v) is 4.66. The van der Waals surface area contributed by atoms with Gasteiger partial charge in [0.15, 0.2) is 0 Å². The van der Waals surface area contributed by atoms with Crippen molar-refractivity contribution in [2.75, 3.05) is 0 Å². The molecular weight excluding hydrogens is 262 g/mol. The molecular formula is C10H12BrNO3. The van der Waals surface area contributed by atoms with E-state index < -0.39 is 11.5 Å². The summed E-state index contributed by atoms with van der Waals surface area (Å²) in [5.41, 5.74) is -0.955. The molecule has 1 aromatic rings. The fourth-order valence-electron chi connectivity index (χ4n) is 1.40. The Morgan fingerprint density at radius 1 is 1.47 bits per heavy atom. The highest BCUT2D eigenvalue weighted by atomic mass is 79.9. The molecule has 0 spiro atoms. The Morgan fingerprint density at radius 2 is 2.00 bits per heavy atom. The zero-order valence-electron chi connectivity index (χ0n) is 8.74. The number of hydrogen-bond acceptors (Lipinski definition) is 2. The van der Waals surface area contributed by atoms with Crippen LogP contribution in [-0.4, -0.2) is 15.6 Å². The maximum absolute atomic E-state index is 11.6. The van der Waals surface area contributed by atoms with Gasteiger partial charge in [0.05, 0.1) is 0 Å². The van der Waals surface area contributed by atoms with Gasteiger partial charge in [-0.25, -0.2) is 4.79 Å². The van der Waals surface area contributed by atoms with E-state index in [1.54, 1.807) is 13.0 Å². The molecule has 4 nitrogen and oxygen atoms in total. The summed E-state index contributed by atoms with van der Waals surface area (Å²) < 4.78 is 1.98. The molecule has 0 aliphatic carbocycles. The molecule has 0 saturated carbocycles. The summed E-state index contributed by atoms with van der Waals surface area (Å²) >= 11 is 3.27. The molecule has 0 aromatic carbocycles. The van der Waals surface area contributed by atoms with Crippen molar-refractivity contribution in [3.63, 3.8) is 0 Å². The van der Waals surface area contributed by atoms with Gasteiger partial charge in [0.2, 0.25) is 0 Å². The van der Waals surface area contributed by atoms with Crippen LogP contribution in [0.15, 0.2) is 21.4 Å². The van der Waals surface area contributed by atoms with Gasteiger partial charge in [-0.2, -0.15) is 0 Å². The summed E-state index contributed by atoms with van der Waals surface area (Å²) in [7, 11) is 0. The first kappa shape index (κ1) is 12.0. The smallest absolute Gasteiger partial charge is 0.329 e. The van der Waals surface area contributed by atoms with Crippen LogP contribution in [-0.2, 0) is 10.3 Å². The Hall–Kier alpha value is -1.10. The Kier molecular flexibility index (Phi) is 3.04. The number of aromatic nitrogens is 1. The van der Waals surface area contributed by atoms with Crippen molar-refractivity contribution in [1.82, 2.24) is 4.57 Å². The summed E-state index contributed by atoms with van der Waals surface area (Å²) in [5, 5.41) is 9.06. The maximum atomic E-state index is 11.6. The number of pyridine rings is 1. The Bertz CT molecular complexity index is 462. The third-order valence-electron chi connectivity index (χ3n) is 2.36. The van der Waals surface area contributed by atoms with Crippen LogP contribution in [0.2, 0.25) is 0 Å². The van der Waals surface area contributed by atoms with Crippen LogP contribution in [0.4, 0.5) is 0 Å². The highest BCUT2D eigenvalue weighted by molar-refractivity contribution is 9.10. The number of halogens is 1. The largest absolute Gasteiger partial charge is 0.480 e. The molecule has 82 valence electrons. The number of carboxylic acids is 1. The second kappa shape index (κ2) is 3.81. The molecule has 0 saturated heterocycles. The third-order valence-corrected chi connectivity index (χ3v) is 3.19. The average Bonchev–Trinajstić information content (AvgIpc) is 2.11. The topological polar surface area (TPSA) is 59.3 Å². The number of carbonyl (C=O) groups is 1. The summed E-state index contributed by atoms with van der Waals surface area (Å²) in [6, 6.07) is 2.97. The lowest BCUT2D eigenvalue weighted by Gasteiger charge is -2.25. The van der Waals surface area contributed by atoms with Gasteiger partial charge in [0.25, 0.3) is 5.56 Å². The van der Waals surface area contributed by atoms with E-state index in [9.17, 15) is 9.59 Å². The first-order valence-corrected chi connectivity index (χ1v) is 5.20. The fraction of sp³-hybridized carbons (Fsp3) is 0.400. The molecule has 0 aliphatic rings. The third kappa shape index (κ3) is 1.97. The van der Waals surface area contributed by atoms with E-state index in [0.29, 0.717) is 5.69 Å². The minimum atomic E-state index is -1.25. The van der Waals surface area contributed by atoms with Crippen molar-refractivity contribution in [1.29, 1.82) is 0 Å². The van der Waals surface area contributed by atoms with Gasteiger partial charge >= 0.3 is 5.97 Å². The number of carboxylic acid groups (broad SMARTS) is 1. The van der Waals surface area contributed by atoms with Crippen LogP contribution in [0, 0.1) is 6.92 Å². The van der Waals surface area contributed by atoms with Gasteiger partial charge in [-0.05, 0) is 42.8 Å². The van der Waals surface area contributed by atoms with Gasteiger partial charge < -0.3 is 5.11 Å². The zero-order valence-corrected chi connectivity index (χ0v) is 10.3. The summed E-state index contributed by atoms with van der Waals surface area (Å²) in [6.45, 7) is 4.70. The monoisotopic (exact) mass is 273 g/mol. The normalized spacial score (nSPS) is 11.5. The first-order chi connectivity index (χ1) is 6.78. The molecule has 1 heterocycles. The predicted molar refractivity (Wildman–Crippen MR) is 60.1 cm³/mol. The standard InChI is InChI=1S/C10H12BrNO3/c1-6-7(11)4-5-8(13)12(6)10(2,3)9(14)15/h4-5H,1-3H3,(H,14,15). The molecule has 1 aromatic heterocycles. The molecule has 0 aliphatic heterocycles. The quantitative estimate of drug-likeness (QED) is 0.893. The van der Waals surface area contributed by atoms with Crippen molar-refractivity contribution in [3.8, 4) is 0 Å². The van der Waals surface area contributed by atoms with Gasteiger partial charge in [-0.1, -0.05) is 0 Å². The van der Waals surface area contributed by atoms with E-state index >= 15 is 0 Å². The highest BCUT2D eigenvalue weighted by Crippen LogP contribution is 2.20. The lowest BCUT2D eigenvalue weighted by atomic mass is 10.0. The molecule has 5 heteroatoms. The van der Waals surface area contributed by atoms with Crippen molar-refractivity contribution in [3.05, 3.63) is 32.7 Å². The van der Waals surface area contributed by atoms with Crippen molar-refractivity contribution in [2.24, 2.45) is 0 Å². The second-order valence-electron chi connectivity index (χ2n) is 3.80. The zero-order chi connectivity index (χ0) is 11.8. The maximum Gasteiger partial charge on any atom is 0.329 e. The van der Waals surface area contributed by atoms with Crippen LogP contribution < -0.4 is 5.56 Å². The van der Waals surface area contributed by atoms with Crippen LogP contribution in [0.25, 0.3) is 0 Å². The van der Waals surface area contributed by atoms with Gasteiger partial charge in [-0.15, -0.1) is 0 Å². The molecule has 1 rings (SSSR count). The molecule has 1 N–H and O–H groups in total. The van der Waals surface area contributed by atoms with E-state index in [1.807, 2.05) is 0 Å². The van der Waals surface area contributed by atoms with Crippen molar-refractivity contribution >= 4 is 21.9 Å². The molecule has 0 bridgehead atoms. The van der Waals surface area contributed by atoms with E-state index in [0.717, 1.165) is 4.47 Å².